The van der Waals surface area contributed by atoms with Crippen LogP contribution in [0.4, 0.5) is 5.69 Å². The van der Waals surface area contributed by atoms with Crippen LogP contribution < -0.4 is 4.90 Å². The first kappa shape index (κ1) is 26.8. The summed E-state index contributed by atoms with van der Waals surface area (Å²) < 4.78 is 4.68. The van der Waals surface area contributed by atoms with Crippen LogP contribution in [0.2, 0.25) is 5.02 Å². The summed E-state index contributed by atoms with van der Waals surface area (Å²) in [4.78, 5) is 44.8. The van der Waals surface area contributed by atoms with Crippen molar-refractivity contribution in [3.8, 4) is 0 Å². The molecule has 0 aromatic heterocycles. The van der Waals surface area contributed by atoms with Gasteiger partial charge in [0.25, 0.3) is 5.91 Å². The summed E-state index contributed by atoms with van der Waals surface area (Å²) in [6.07, 6.45) is 4.99. The largest absolute Gasteiger partial charge is 0.461 e. The molecule has 3 fully saturated rings. The number of hydrogen-bond acceptors (Lipinski definition) is 6. The summed E-state index contributed by atoms with van der Waals surface area (Å²) in [5.74, 6) is -1.95. The van der Waals surface area contributed by atoms with E-state index in [-0.39, 0.29) is 42.7 Å². The normalized spacial score (nSPS) is 30.2. The number of rotatable bonds is 11. The third-order valence-electron chi connectivity index (χ3n) is 7.62. The summed E-state index contributed by atoms with van der Waals surface area (Å²) in [5, 5.41) is 9.82. The van der Waals surface area contributed by atoms with Crippen LogP contribution in [0.1, 0.15) is 26.2 Å². The Labute approximate surface area is 221 Å². The molecule has 1 spiro atoms. The van der Waals surface area contributed by atoms with Gasteiger partial charge in [-0.1, -0.05) is 37.3 Å². The van der Waals surface area contributed by atoms with E-state index >= 15 is 0 Å². The van der Waals surface area contributed by atoms with Crippen LogP contribution >= 0.6 is 23.4 Å². The number of thioether (sulfide) groups is 1. The Kier molecular flexibility index (Phi) is 8.17. The predicted molar refractivity (Wildman–Crippen MR) is 142 cm³/mol. The fourth-order valence-corrected chi connectivity index (χ4v) is 8.69. The van der Waals surface area contributed by atoms with E-state index in [9.17, 15) is 19.5 Å². The molecule has 3 heterocycles. The standard InChI is InChI=1S/C27H33ClN2O5S/c1-4-12-29(19-10-8-18(28)9-11-19)25(33)23-27-17(3)16-20(36-27)21(26(34)35-15-5-2)22(27)24(32)30(23)13-6-7-14-31/h4-5,8-11,17,20-23,31H,1-2,6-7,12-16H2,3H3/t17?,20-,21+,22-,23?,27?/m0/s1. The molecular formula is C27H33ClN2O5S. The zero-order valence-electron chi connectivity index (χ0n) is 20.5. The van der Waals surface area contributed by atoms with Crippen LogP contribution in [0.5, 0.6) is 0 Å². The van der Waals surface area contributed by atoms with Gasteiger partial charge in [-0.3, -0.25) is 14.4 Å². The van der Waals surface area contributed by atoms with Gasteiger partial charge in [-0.25, -0.2) is 0 Å². The smallest absolute Gasteiger partial charge is 0.311 e. The molecule has 1 N–H and O–H groups in total. The zero-order chi connectivity index (χ0) is 26.0. The summed E-state index contributed by atoms with van der Waals surface area (Å²) >= 11 is 7.70. The van der Waals surface area contributed by atoms with Crippen molar-refractivity contribution in [1.82, 2.24) is 4.90 Å². The second-order valence-corrected chi connectivity index (χ2v) is 11.6. The molecule has 6 atom stereocenters. The lowest BCUT2D eigenvalue weighted by Crippen LogP contribution is -2.57. The van der Waals surface area contributed by atoms with Crippen LogP contribution in [-0.4, -0.2) is 70.1 Å². The summed E-state index contributed by atoms with van der Waals surface area (Å²) in [6, 6.07) is 6.27. The fraction of sp³-hybridized carbons (Fsp3) is 0.519. The number of aliphatic hydroxyl groups is 1. The maximum Gasteiger partial charge on any atom is 0.311 e. The maximum absolute atomic E-state index is 14.4. The highest BCUT2D eigenvalue weighted by molar-refractivity contribution is 8.02. The highest BCUT2D eigenvalue weighted by atomic mass is 35.5. The Morgan fingerprint density at radius 1 is 1.28 bits per heavy atom. The molecule has 9 heteroatoms. The first-order valence-corrected chi connectivity index (χ1v) is 13.6. The van der Waals surface area contributed by atoms with Gasteiger partial charge >= 0.3 is 5.97 Å². The number of nitrogens with zero attached hydrogens (tertiary/aromatic N) is 2. The summed E-state index contributed by atoms with van der Waals surface area (Å²) in [7, 11) is 0. The number of anilines is 1. The number of amides is 2. The van der Waals surface area contributed by atoms with E-state index in [2.05, 4.69) is 20.1 Å². The summed E-state index contributed by atoms with van der Waals surface area (Å²) in [5.41, 5.74) is 0.666. The molecular weight excluding hydrogens is 500 g/mol. The predicted octanol–water partition coefficient (Wildman–Crippen LogP) is 3.70. The monoisotopic (exact) mass is 532 g/mol. The van der Waals surface area contributed by atoms with Crippen molar-refractivity contribution < 1.29 is 24.2 Å². The van der Waals surface area contributed by atoms with Crippen LogP contribution in [0.25, 0.3) is 0 Å². The molecule has 7 nitrogen and oxygen atoms in total. The molecule has 2 amide bonds. The minimum Gasteiger partial charge on any atom is -0.461 e. The molecule has 4 rings (SSSR count). The number of carbonyl (C=O) groups is 3. The van der Waals surface area contributed by atoms with E-state index in [0.29, 0.717) is 30.1 Å². The molecule has 0 radical (unpaired) electrons. The highest BCUT2D eigenvalue weighted by Gasteiger charge is 2.76. The molecule has 1 aromatic carbocycles. The molecule has 2 bridgehead atoms. The van der Waals surface area contributed by atoms with Gasteiger partial charge < -0.3 is 19.6 Å². The van der Waals surface area contributed by atoms with Crippen LogP contribution in [0, 0.1) is 17.8 Å². The van der Waals surface area contributed by atoms with E-state index in [1.54, 1.807) is 51.9 Å². The Bertz CT molecular complexity index is 1030. The molecule has 3 unspecified atom stereocenters. The Morgan fingerprint density at radius 3 is 2.64 bits per heavy atom. The lowest BCUT2D eigenvalue weighted by Gasteiger charge is -2.40. The van der Waals surface area contributed by atoms with E-state index in [1.165, 1.54) is 6.08 Å². The third kappa shape index (κ3) is 4.37. The lowest BCUT2D eigenvalue weighted by atomic mass is 9.66. The Balaban J connectivity index is 1.77. The molecule has 3 aliphatic rings. The number of likely N-dealkylation sites (tertiary alicyclic amines) is 1. The van der Waals surface area contributed by atoms with Crippen molar-refractivity contribution in [3.05, 3.63) is 54.6 Å². The van der Waals surface area contributed by atoms with Crippen LogP contribution in [-0.2, 0) is 19.1 Å². The van der Waals surface area contributed by atoms with Crippen molar-refractivity contribution in [2.45, 2.75) is 42.2 Å². The molecule has 3 aliphatic heterocycles. The molecule has 0 aliphatic carbocycles. The quantitative estimate of drug-likeness (QED) is 0.266. The van der Waals surface area contributed by atoms with Gasteiger partial charge in [-0.05, 0) is 49.4 Å². The zero-order valence-corrected chi connectivity index (χ0v) is 22.0. The molecule has 3 saturated heterocycles. The average Bonchev–Trinajstić information content (AvgIpc) is 3.45. The maximum atomic E-state index is 14.4. The highest BCUT2D eigenvalue weighted by Crippen LogP contribution is 2.68. The number of ether oxygens (including phenoxy) is 1. The minimum absolute atomic E-state index is 0.00626. The third-order valence-corrected chi connectivity index (χ3v) is 9.95. The second kappa shape index (κ2) is 11.0. The van der Waals surface area contributed by atoms with E-state index in [1.807, 2.05) is 0 Å². The van der Waals surface area contributed by atoms with Gasteiger partial charge in [0.2, 0.25) is 5.91 Å². The first-order valence-electron chi connectivity index (χ1n) is 12.4. The molecule has 0 saturated carbocycles. The fourth-order valence-electron chi connectivity index (χ4n) is 6.16. The number of benzene rings is 1. The minimum atomic E-state index is -0.744. The van der Waals surface area contributed by atoms with Gasteiger partial charge in [0, 0.05) is 35.7 Å². The van der Waals surface area contributed by atoms with Gasteiger partial charge in [-0.2, -0.15) is 0 Å². The lowest BCUT2D eigenvalue weighted by molar-refractivity contribution is -0.153. The number of hydrogen-bond donors (Lipinski definition) is 1. The molecule has 194 valence electrons. The van der Waals surface area contributed by atoms with Crippen molar-refractivity contribution in [2.75, 3.05) is 31.2 Å². The Hall–Kier alpha value is -2.29. The van der Waals surface area contributed by atoms with E-state index in [4.69, 9.17) is 16.3 Å². The SMILES string of the molecule is C=CCOC(=O)[C@@H]1[C@@H]2CC(C)C3(S2)C(C(=O)N(CC=C)c2ccc(Cl)cc2)N(CCCCO)C(=O)[C@H]13. The molecule has 36 heavy (non-hydrogen) atoms. The van der Waals surface area contributed by atoms with Crippen LogP contribution in [0.3, 0.4) is 0 Å². The van der Waals surface area contributed by atoms with Gasteiger partial charge in [0.05, 0.1) is 16.6 Å². The van der Waals surface area contributed by atoms with Crippen molar-refractivity contribution in [3.63, 3.8) is 0 Å². The number of unbranched alkanes of at least 4 members (excludes halogenated alkanes) is 1. The van der Waals surface area contributed by atoms with E-state index in [0.717, 1.165) is 6.42 Å². The number of carbonyl (C=O) groups excluding carboxylic acids is 3. The van der Waals surface area contributed by atoms with Crippen molar-refractivity contribution in [2.24, 2.45) is 17.8 Å². The number of fused-ring (bicyclic) bond motifs is 1. The first-order chi connectivity index (χ1) is 17.3. The van der Waals surface area contributed by atoms with Crippen molar-refractivity contribution in [1.29, 1.82) is 0 Å². The number of halogens is 1. The van der Waals surface area contributed by atoms with E-state index < -0.39 is 28.6 Å². The van der Waals surface area contributed by atoms with Gasteiger partial charge in [0.15, 0.2) is 0 Å². The Morgan fingerprint density at radius 2 is 2.00 bits per heavy atom. The van der Waals surface area contributed by atoms with Gasteiger partial charge in [0.1, 0.15) is 12.6 Å². The summed E-state index contributed by atoms with van der Waals surface area (Å²) in [6.45, 7) is 10.2. The van der Waals surface area contributed by atoms with Crippen molar-refractivity contribution >= 4 is 46.8 Å². The van der Waals surface area contributed by atoms with Gasteiger partial charge in [-0.15, -0.1) is 18.3 Å². The number of aliphatic hydroxyl groups excluding tert-OH is 1. The topological polar surface area (TPSA) is 87.2 Å². The molecule has 1 aromatic rings. The van der Waals surface area contributed by atoms with Crippen LogP contribution in [0.15, 0.2) is 49.6 Å². The average molecular weight is 533 g/mol. The number of esters is 1. The second-order valence-electron chi connectivity index (χ2n) is 9.65.